The van der Waals surface area contributed by atoms with Gasteiger partial charge in [-0.15, -0.1) is 0 Å². The molecule has 1 N–H and O–H groups in total. The predicted octanol–water partition coefficient (Wildman–Crippen LogP) is 3.69. The lowest BCUT2D eigenvalue weighted by molar-refractivity contribution is 0.386. The molecule has 0 aliphatic rings. The summed E-state index contributed by atoms with van der Waals surface area (Å²) in [6.45, 7) is 3.58. The number of benzene rings is 2. The highest BCUT2D eigenvalue weighted by molar-refractivity contribution is 5.30. The van der Waals surface area contributed by atoms with E-state index in [-0.39, 0.29) is 11.6 Å². The summed E-state index contributed by atoms with van der Waals surface area (Å²) in [6.07, 6.45) is 1.02. The largest absolute Gasteiger partial charge is 0.494 e. The molecule has 20 heavy (non-hydrogen) atoms. The quantitative estimate of drug-likeness (QED) is 0.866. The van der Waals surface area contributed by atoms with Crippen LogP contribution in [0.2, 0.25) is 0 Å². The minimum absolute atomic E-state index is 0.282. The molecule has 2 nitrogen and oxygen atoms in total. The highest BCUT2D eigenvalue weighted by atomic mass is 19.1. The minimum Gasteiger partial charge on any atom is -0.494 e. The van der Waals surface area contributed by atoms with Gasteiger partial charge in [-0.25, -0.2) is 4.39 Å². The molecule has 0 aliphatic heterocycles. The molecule has 0 spiro atoms. The molecule has 0 bridgehead atoms. The molecule has 0 saturated heterocycles. The molecule has 0 atom stereocenters. The van der Waals surface area contributed by atoms with Gasteiger partial charge < -0.3 is 10.1 Å². The summed E-state index contributed by atoms with van der Waals surface area (Å²) < 4.78 is 18.5. The van der Waals surface area contributed by atoms with Gasteiger partial charge in [0.05, 0.1) is 7.11 Å². The molecule has 3 heteroatoms. The Labute approximate surface area is 119 Å². The van der Waals surface area contributed by atoms with Crippen LogP contribution in [0.5, 0.6) is 5.75 Å². The van der Waals surface area contributed by atoms with Crippen LogP contribution in [0, 0.1) is 5.82 Å². The van der Waals surface area contributed by atoms with Crippen LogP contribution in [0.4, 0.5) is 4.39 Å². The zero-order chi connectivity index (χ0) is 14.4. The van der Waals surface area contributed by atoms with E-state index in [2.05, 4.69) is 30.4 Å². The lowest BCUT2D eigenvalue weighted by Gasteiger charge is -2.10. The Morgan fingerprint density at radius 2 is 1.80 bits per heavy atom. The van der Waals surface area contributed by atoms with Crippen LogP contribution in [-0.2, 0) is 19.5 Å². The van der Waals surface area contributed by atoms with Gasteiger partial charge in [-0.3, -0.25) is 0 Å². The van der Waals surface area contributed by atoms with E-state index in [9.17, 15) is 4.39 Å². The summed E-state index contributed by atoms with van der Waals surface area (Å²) in [7, 11) is 1.47. The highest BCUT2D eigenvalue weighted by Crippen LogP contribution is 2.17. The fourth-order valence-corrected chi connectivity index (χ4v) is 2.24. The van der Waals surface area contributed by atoms with Gasteiger partial charge >= 0.3 is 0 Å². The maximum absolute atomic E-state index is 13.6. The number of hydrogen-bond acceptors (Lipinski definition) is 2. The third kappa shape index (κ3) is 3.58. The summed E-state index contributed by atoms with van der Waals surface area (Å²) in [5, 5.41) is 3.35. The summed E-state index contributed by atoms with van der Waals surface area (Å²) in [5.41, 5.74) is 3.56. The molecule has 0 heterocycles. The van der Waals surface area contributed by atoms with Crippen LogP contribution in [0.25, 0.3) is 0 Å². The SMILES string of the molecule is CCc1ccccc1CNCc1ccc(OC)c(F)c1. The van der Waals surface area contributed by atoms with Gasteiger partial charge in [-0.1, -0.05) is 37.3 Å². The lowest BCUT2D eigenvalue weighted by Crippen LogP contribution is -2.14. The second-order valence-electron chi connectivity index (χ2n) is 4.69. The Bertz CT molecular complexity index is 569. The number of ether oxygens (including phenoxy) is 1. The summed E-state index contributed by atoms with van der Waals surface area (Å²) in [6, 6.07) is 13.4. The number of aryl methyl sites for hydroxylation is 1. The molecular weight excluding hydrogens is 253 g/mol. The van der Waals surface area contributed by atoms with Gasteiger partial charge in [0, 0.05) is 13.1 Å². The average Bonchev–Trinajstić information content (AvgIpc) is 2.48. The average molecular weight is 273 g/mol. The molecule has 2 rings (SSSR count). The van der Waals surface area contributed by atoms with Crippen molar-refractivity contribution in [3.8, 4) is 5.75 Å². The maximum Gasteiger partial charge on any atom is 0.165 e. The van der Waals surface area contributed by atoms with Gasteiger partial charge in [0.2, 0.25) is 0 Å². The highest BCUT2D eigenvalue weighted by Gasteiger charge is 2.04. The molecule has 2 aromatic carbocycles. The lowest BCUT2D eigenvalue weighted by atomic mass is 10.1. The first-order valence-corrected chi connectivity index (χ1v) is 6.84. The summed E-state index contributed by atoms with van der Waals surface area (Å²) in [4.78, 5) is 0. The molecule has 0 amide bonds. The maximum atomic E-state index is 13.6. The van der Waals surface area contributed by atoms with Crippen molar-refractivity contribution in [2.75, 3.05) is 7.11 Å². The number of halogens is 1. The van der Waals surface area contributed by atoms with E-state index in [0.717, 1.165) is 18.5 Å². The second-order valence-corrected chi connectivity index (χ2v) is 4.69. The normalized spacial score (nSPS) is 10.6. The van der Waals surface area contributed by atoms with E-state index < -0.39 is 0 Å². The first-order valence-electron chi connectivity index (χ1n) is 6.84. The molecule has 106 valence electrons. The topological polar surface area (TPSA) is 21.3 Å². The molecule has 0 fully saturated rings. The van der Waals surface area contributed by atoms with Crippen LogP contribution in [0.15, 0.2) is 42.5 Å². The predicted molar refractivity (Wildman–Crippen MR) is 79.3 cm³/mol. The van der Waals surface area contributed by atoms with Gasteiger partial charge in [0.25, 0.3) is 0 Å². The van der Waals surface area contributed by atoms with Gasteiger partial charge in [-0.05, 0) is 35.2 Å². The number of methoxy groups -OCH3 is 1. The fraction of sp³-hybridized carbons (Fsp3) is 0.294. The number of nitrogens with one attached hydrogen (secondary N) is 1. The zero-order valence-electron chi connectivity index (χ0n) is 11.9. The van der Waals surface area contributed by atoms with Crippen molar-refractivity contribution in [3.05, 3.63) is 65.0 Å². The van der Waals surface area contributed by atoms with Crippen LogP contribution < -0.4 is 10.1 Å². The molecule has 0 unspecified atom stereocenters. The third-order valence-electron chi connectivity index (χ3n) is 3.36. The first-order chi connectivity index (χ1) is 9.74. The van der Waals surface area contributed by atoms with Crippen molar-refractivity contribution in [3.63, 3.8) is 0 Å². The fourth-order valence-electron chi connectivity index (χ4n) is 2.24. The Kier molecular flexibility index (Phi) is 5.13. The Balaban J connectivity index is 1.94. The van der Waals surface area contributed by atoms with Crippen molar-refractivity contribution in [1.29, 1.82) is 0 Å². The standard InChI is InChI=1S/C17H20FNO/c1-3-14-6-4-5-7-15(14)12-19-11-13-8-9-17(20-2)16(18)10-13/h4-10,19H,3,11-12H2,1-2H3. The molecule has 2 aromatic rings. The molecule has 0 aromatic heterocycles. The van der Waals surface area contributed by atoms with Crippen LogP contribution >= 0.6 is 0 Å². The van der Waals surface area contributed by atoms with Crippen molar-refractivity contribution in [1.82, 2.24) is 5.32 Å². The van der Waals surface area contributed by atoms with Gasteiger partial charge in [0.15, 0.2) is 11.6 Å². The first kappa shape index (κ1) is 14.5. The van der Waals surface area contributed by atoms with Crippen molar-refractivity contribution >= 4 is 0 Å². The van der Waals surface area contributed by atoms with Crippen LogP contribution in [0.3, 0.4) is 0 Å². The Morgan fingerprint density at radius 1 is 1.05 bits per heavy atom. The van der Waals surface area contributed by atoms with Crippen molar-refractivity contribution in [2.24, 2.45) is 0 Å². The van der Waals surface area contributed by atoms with Crippen LogP contribution in [-0.4, -0.2) is 7.11 Å². The van der Waals surface area contributed by atoms with E-state index in [0.29, 0.717) is 6.54 Å². The monoisotopic (exact) mass is 273 g/mol. The van der Waals surface area contributed by atoms with E-state index in [4.69, 9.17) is 4.74 Å². The zero-order valence-corrected chi connectivity index (χ0v) is 11.9. The third-order valence-corrected chi connectivity index (χ3v) is 3.36. The summed E-state index contributed by atoms with van der Waals surface area (Å²) in [5.74, 6) is -0.0363. The van der Waals surface area contributed by atoms with E-state index in [1.807, 2.05) is 12.1 Å². The molecular formula is C17H20FNO. The van der Waals surface area contributed by atoms with E-state index >= 15 is 0 Å². The van der Waals surface area contributed by atoms with Gasteiger partial charge in [-0.2, -0.15) is 0 Å². The summed E-state index contributed by atoms with van der Waals surface area (Å²) >= 11 is 0. The Hall–Kier alpha value is -1.87. The van der Waals surface area contributed by atoms with Crippen molar-refractivity contribution < 1.29 is 9.13 Å². The molecule has 0 saturated carbocycles. The number of hydrogen-bond donors (Lipinski definition) is 1. The van der Waals surface area contributed by atoms with Crippen molar-refractivity contribution in [2.45, 2.75) is 26.4 Å². The van der Waals surface area contributed by atoms with Gasteiger partial charge in [0.1, 0.15) is 0 Å². The smallest absolute Gasteiger partial charge is 0.165 e. The molecule has 0 radical (unpaired) electrons. The Morgan fingerprint density at radius 3 is 2.45 bits per heavy atom. The number of rotatable bonds is 6. The minimum atomic E-state index is -0.319. The van der Waals surface area contributed by atoms with E-state index in [1.54, 1.807) is 6.07 Å². The second kappa shape index (κ2) is 7.06. The van der Waals surface area contributed by atoms with Crippen LogP contribution in [0.1, 0.15) is 23.6 Å². The molecule has 0 aliphatic carbocycles. The van der Waals surface area contributed by atoms with E-state index in [1.165, 1.54) is 24.3 Å².